The highest BCUT2D eigenvalue weighted by atomic mass is 35.5. The van der Waals surface area contributed by atoms with Gasteiger partial charge in [-0.25, -0.2) is 0 Å². The molecule has 33 heavy (non-hydrogen) atoms. The number of nitrogens with zero attached hydrogens (tertiary/aromatic N) is 2. The molecule has 1 N–H and O–H groups in total. The molecule has 174 valence electrons. The van der Waals surface area contributed by atoms with E-state index in [2.05, 4.69) is 28.5 Å². The second-order valence-corrected chi connectivity index (χ2v) is 10.3. The minimum absolute atomic E-state index is 0.0401. The largest absolute Gasteiger partial charge is 0.481 e. The molecule has 2 atom stereocenters. The fraction of sp³-hybridized carbons (Fsp3) is 0.385. The summed E-state index contributed by atoms with van der Waals surface area (Å²) < 4.78 is 1.26. The number of fused-ring (bicyclic) bond motifs is 1. The van der Waals surface area contributed by atoms with Crippen molar-refractivity contribution >= 4 is 44.9 Å². The highest BCUT2D eigenvalue weighted by Gasteiger charge is 2.49. The molecule has 1 amide bonds. The minimum atomic E-state index is -0.845. The van der Waals surface area contributed by atoms with Crippen molar-refractivity contribution < 1.29 is 14.7 Å². The summed E-state index contributed by atoms with van der Waals surface area (Å²) in [4.78, 5) is 29.1. The average molecular weight is 485 g/mol. The van der Waals surface area contributed by atoms with Gasteiger partial charge in [0.2, 0.25) is 5.91 Å². The third-order valence-electron chi connectivity index (χ3n) is 6.82. The Morgan fingerprint density at radius 1 is 1.21 bits per heavy atom. The molecule has 0 saturated carbocycles. The van der Waals surface area contributed by atoms with Crippen LogP contribution >= 0.6 is 22.9 Å². The molecule has 2 heterocycles. The first-order valence-electron chi connectivity index (χ1n) is 11.3. The van der Waals surface area contributed by atoms with Gasteiger partial charge in [0, 0.05) is 35.8 Å². The number of aliphatic carboxylic acids is 1. The highest BCUT2D eigenvalue weighted by molar-refractivity contribution is 7.17. The Bertz CT molecular complexity index is 1150. The fourth-order valence-electron chi connectivity index (χ4n) is 4.56. The van der Waals surface area contributed by atoms with E-state index in [9.17, 15) is 9.59 Å². The first-order chi connectivity index (χ1) is 15.8. The molecule has 2 aromatic carbocycles. The van der Waals surface area contributed by atoms with Gasteiger partial charge >= 0.3 is 5.97 Å². The topological polar surface area (TPSA) is 60.9 Å². The van der Waals surface area contributed by atoms with E-state index in [-0.39, 0.29) is 18.4 Å². The van der Waals surface area contributed by atoms with Gasteiger partial charge in [-0.15, -0.1) is 11.3 Å². The standard InChI is InChI=1S/C26H29ClN2O3S/c1-18(19-9-11-21(27)12-10-19)29(14-5-8-24(30)31)25(32)26(2)13-15-28(26)16-20-17-33-23-7-4-3-6-22(20)23/h3-4,6-7,9-12,17-18H,5,8,13-16H2,1-2H3,(H,30,31)/t18-,26-/m1/s1. The lowest BCUT2D eigenvalue weighted by Gasteiger charge is -2.52. The van der Waals surface area contributed by atoms with Crippen molar-refractivity contribution in [1.82, 2.24) is 9.80 Å². The Labute approximate surface area is 203 Å². The Morgan fingerprint density at radius 2 is 1.94 bits per heavy atom. The van der Waals surface area contributed by atoms with Crippen molar-refractivity contribution in [2.24, 2.45) is 0 Å². The number of rotatable bonds is 9. The number of amides is 1. The van der Waals surface area contributed by atoms with E-state index >= 15 is 0 Å². The van der Waals surface area contributed by atoms with E-state index < -0.39 is 11.5 Å². The van der Waals surface area contributed by atoms with Crippen LogP contribution < -0.4 is 0 Å². The van der Waals surface area contributed by atoms with Crippen molar-refractivity contribution in [1.29, 1.82) is 0 Å². The second-order valence-electron chi connectivity index (χ2n) is 8.93. The fourth-order valence-corrected chi connectivity index (χ4v) is 5.64. The summed E-state index contributed by atoms with van der Waals surface area (Å²) in [6.07, 6.45) is 1.25. The van der Waals surface area contributed by atoms with E-state index in [1.165, 1.54) is 15.6 Å². The van der Waals surface area contributed by atoms with Gasteiger partial charge in [-0.05, 0) is 66.8 Å². The van der Waals surface area contributed by atoms with E-state index in [0.29, 0.717) is 18.0 Å². The van der Waals surface area contributed by atoms with Gasteiger partial charge in [0.25, 0.3) is 0 Å². The van der Waals surface area contributed by atoms with Crippen LogP contribution in [0.15, 0.2) is 53.9 Å². The lowest BCUT2D eigenvalue weighted by Crippen LogP contribution is -2.66. The SMILES string of the molecule is C[C@H](c1ccc(Cl)cc1)N(CCCC(=O)O)C(=O)[C@@]1(C)CCN1Cc1csc2ccccc12. The maximum atomic E-state index is 13.9. The third-order valence-corrected chi connectivity index (χ3v) is 8.08. The molecule has 1 aliphatic heterocycles. The van der Waals surface area contributed by atoms with Gasteiger partial charge in [-0.1, -0.05) is 41.9 Å². The van der Waals surface area contributed by atoms with Crippen LogP contribution in [0.4, 0.5) is 0 Å². The van der Waals surface area contributed by atoms with Crippen LogP contribution in [-0.2, 0) is 16.1 Å². The van der Waals surface area contributed by atoms with Crippen LogP contribution in [0, 0.1) is 0 Å². The normalized spacial score (nSPS) is 19.2. The zero-order valence-corrected chi connectivity index (χ0v) is 20.5. The van der Waals surface area contributed by atoms with Gasteiger partial charge in [0.1, 0.15) is 0 Å². The Balaban J connectivity index is 1.55. The molecular weight excluding hydrogens is 456 g/mol. The number of halogens is 1. The summed E-state index contributed by atoms with van der Waals surface area (Å²) in [5.74, 6) is -0.788. The van der Waals surface area contributed by atoms with E-state index in [4.69, 9.17) is 16.7 Å². The van der Waals surface area contributed by atoms with E-state index in [0.717, 1.165) is 25.1 Å². The lowest BCUT2D eigenvalue weighted by molar-refractivity contribution is -0.156. The predicted molar refractivity (Wildman–Crippen MR) is 134 cm³/mol. The first kappa shape index (κ1) is 23.7. The highest BCUT2D eigenvalue weighted by Crippen LogP contribution is 2.38. The number of carbonyl (C=O) groups excluding carboxylic acids is 1. The van der Waals surface area contributed by atoms with Crippen LogP contribution in [0.3, 0.4) is 0 Å². The number of likely N-dealkylation sites (tertiary alicyclic amines) is 1. The summed E-state index contributed by atoms with van der Waals surface area (Å²) in [5, 5.41) is 13.2. The van der Waals surface area contributed by atoms with Crippen molar-refractivity contribution in [3.8, 4) is 0 Å². The van der Waals surface area contributed by atoms with E-state index in [1.54, 1.807) is 11.3 Å². The molecule has 0 radical (unpaired) electrons. The average Bonchev–Trinajstić information content (AvgIpc) is 3.21. The van der Waals surface area contributed by atoms with Crippen LogP contribution in [0.5, 0.6) is 0 Å². The molecule has 0 aliphatic carbocycles. The van der Waals surface area contributed by atoms with Gasteiger partial charge in [-0.2, -0.15) is 0 Å². The van der Waals surface area contributed by atoms with Crippen LogP contribution in [0.25, 0.3) is 10.1 Å². The first-order valence-corrected chi connectivity index (χ1v) is 12.5. The maximum absolute atomic E-state index is 13.9. The van der Waals surface area contributed by atoms with Crippen LogP contribution in [-0.4, -0.2) is 45.4 Å². The zero-order chi connectivity index (χ0) is 23.6. The Kier molecular flexibility index (Phi) is 7.07. The van der Waals surface area contributed by atoms with Crippen molar-refractivity contribution in [3.05, 3.63) is 70.1 Å². The van der Waals surface area contributed by atoms with Gasteiger partial charge in [0.15, 0.2) is 0 Å². The smallest absolute Gasteiger partial charge is 0.303 e. The quantitative estimate of drug-likeness (QED) is 0.406. The molecule has 1 saturated heterocycles. The predicted octanol–water partition coefficient (Wildman–Crippen LogP) is 5.97. The molecule has 4 rings (SSSR count). The number of hydrogen-bond acceptors (Lipinski definition) is 4. The third kappa shape index (κ3) is 4.93. The number of hydrogen-bond donors (Lipinski definition) is 1. The van der Waals surface area contributed by atoms with E-state index in [1.807, 2.05) is 49.1 Å². The van der Waals surface area contributed by atoms with Crippen molar-refractivity contribution in [2.75, 3.05) is 13.1 Å². The molecule has 7 heteroatoms. The molecule has 1 fully saturated rings. The molecule has 1 aromatic heterocycles. The molecule has 0 unspecified atom stereocenters. The number of thiophene rings is 1. The zero-order valence-electron chi connectivity index (χ0n) is 19.0. The molecule has 0 bridgehead atoms. The minimum Gasteiger partial charge on any atom is -0.481 e. The summed E-state index contributed by atoms with van der Waals surface area (Å²) in [6, 6.07) is 15.7. The number of carboxylic acids is 1. The summed E-state index contributed by atoms with van der Waals surface area (Å²) in [6.45, 7) is 6.02. The van der Waals surface area contributed by atoms with Crippen LogP contribution in [0.2, 0.25) is 5.02 Å². The lowest BCUT2D eigenvalue weighted by atomic mass is 9.83. The summed E-state index contributed by atoms with van der Waals surface area (Å²) in [7, 11) is 0. The molecule has 1 aliphatic rings. The van der Waals surface area contributed by atoms with Gasteiger partial charge in [0.05, 0.1) is 11.6 Å². The molecular formula is C26H29ClN2O3S. The van der Waals surface area contributed by atoms with Crippen molar-refractivity contribution in [2.45, 2.75) is 51.2 Å². The Morgan fingerprint density at radius 3 is 2.61 bits per heavy atom. The Hall–Kier alpha value is -2.41. The van der Waals surface area contributed by atoms with Gasteiger partial charge < -0.3 is 10.0 Å². The molecule has 3 aromatic rings. The number of carbonyl (C=O) groups is 2. The van der Waals surface area contributed by atoms with Crippen LogP contribution in [0.1, 0.15) is 50.3 Å². The second kappa shape index (κ2) is 9.84. The monoisotopic (exact) mass is 484 g/mol. The number of benzene rings is 2. The van der Waals surface area contributed by atoms with Gasteiger partial charge in [-0.3, -0.25) is 14.5 Å². The maximum Gasteiger partial charge on any atom is 0.303 e. The molecule has 5 nitrogen and oxygen atoms in total. The van der Waals surface area contributed by atoms with Crippen molar-refractivity contribution in [3.63, 3.8) is 0 Å². The molecule has 0 spiro atoms. The summed E-state index contributed by atoms with van der Waals surface area (Å²) >= 11 is 7.79. The summed E-state index contributed by atoms with van der Waals surface area (Å²) in [5.41, 5.74) is 1.63. The number of carboxylic acid groups (broad SMARTS) is 1.